The van der Waals surface area contributed by atoms with Gasteiger partial charge in [-0.15, -0.1) is 0 Å². The van der Waals surface area contributed by atoms with E-state index in [4.69, 9.17) is 17.2 Å². The maximum atomic E-state index is 6.64. The van der Waals surface area contributed by atoms with Crippen LogP contribution in [0.4, 0.5) is 0 Å². The Morgan fingerprint density at radius 1 is 1.21 bits per heavy atom. The van der Waals surface area contributed by atoms with Gasteiger partial charge in [0.25, 0.3) is 0 Å². The van der Waals surface area contributed by atoms with Crippen LogP contribution < -0.4 is 0 Å². The van der Waals surface area contributed by atoms with E-state index in [2.05, 4.69) is 63.4 Å². The number of rotatable bonds is 3. The molecule has 125 valence electrons. The van der Waals surface area contributed by atoms with Crippen LogP contribution in [0, 0.1) is 5.92 Å². The topological polar surface area (TPSA) is 0 Å². The fraction of sp³-hybridized carbons (Fsp3) is 0.350. The monoisotopic (exact) mass is 541 g/mol. The van der Waals surface area contributed by atoms with Gasteiger partial charge in [-0.3, -0.25) is 0 Å². The molecule has 0 amide bonds. The van der Waals surface area contributed by atoms with Crippen LogP contribution in [0.2, 0.25) is 13.1 Å². The van der Waals surface area contributed by atoms with Crippen molar-refractivity contribution >= 4 is 30.7 Å². The molecule has 0 aromatic rings. The van der Waals surface area contributed by atoms with Crippen LogP contribution in [0.15, 0.2) is 67.7 Å². The SMILES string of the molecule is CCC1=[C]([Hf]([Cl])[Cl])C2=CC=CC(=[Si](C)C)C(C)C2=C1C1=CC=CC1. The Hall–Kier alpha value is -0.0230. The third-order valence-corrected chi connectivity index (χ3v) is 13.3. The van der Waals surface area contributed by atoms with Crippen molar-refractivity contribution in [2.24, 2.45) is 5.92 Å². The molecule has 0 nitrogen and oxygen atoms in total. The Bertz CT molecular complexity index is 784. The Morgan fingerprint density at radius 3 is 2.50 bits per heavy atom. The predicted molar refractivity (Wildman–Crippen MR) is 107 cm³/mol. The molecular weight excluding hydrogens is 518 g/mol. The van der Waals surface area contributed by atoms with Crippen LogP contribution in [0.25, 0.3) is 0 Å². The van der Waals surface area contributed by atoms with Crippen LogP contribution >= 0.6 is 17.2 Å². The molecule has 0 bridgehead atoms. The molecule has 3 rings (SSSR count). The quantitative estimate of drug-likeness (QED) is 0.363. The van der Waals surface area contributed by atoms with Crippen molar-refractivity contribution in [3.8, 4) is 0 Å². The van der Waals surface area contributed by atoms with E-state index in [1.165, 1.54) is 31.2 Å². The van der Waals surface area contributed by atoms with Crippen molar-refractivity contribution in [3.63, 3.8) is 0 Å². The van der Waals surface area contributed by atoms with Gasteiger partial charge in [0, 0.05) is 0 Å². The zero-order valence-corrected chi connectivity index (χ0v) is 20.8. The molecule has 0 aromatic carbocycles. The van der Waals surface area contributed by atoms with Crippen LogP contribution in [-0.2, 0) is 19.1 Å². The molecule has 4 heteroatoms. The molecule has 0 N–H and O–H groups in total. The fourth-order valence-electron chi connectivity index (χ4n) is 4.06. The third kappa shape index (κ3) is 3.20. The van der Waals surface area contributed by atoms with E-state index in [1.807, 2.05) is 0 Å². The summed E-state index contributed by atoms with van der Waals surface area (Å²) in [7, 11) is 12.8. The van der Waals surface area contributed by atoms with Crippen molar-refractivity contribution in [2.45, 2.75) is 39.8 Å². The number of hydrogen-bond donors (Lipinski definition) is 0. The number of fused-ring (bicyclic) bond motifs is 1. The molecule has 0 radical (unpaired) electrons. The summed E-state index contributed by atoms with van der Waals surface area (Å²) in [6.45, 7) is 9.39. The molecule has 3 aliphatic carbocycles. The van der Waals surface area contributed by atoms with Gasteiger partial charge in [0.2, 0.25) is 0 Å². The molecule has 0 aliphatic heterocycles. The Labute approximate surface area is 162 Å². The fourth-order valence-corrected chi connectivity index (χ4v) is 12.5. The van der Waals surface area contributed by atoms with Crippen molar-refractivity contribution in [1.29, 1.82) is 0 Å². The van der Waals surface area contributed by atoms with Crippen molar-refractivity contribution in [3.05, 3.63) is 67.7 Å². The normalized spacial score (nSPS) is 22.8. The van der Waals surface area contributed by atoms with E-state index in [1.54, 1.807) is 5.17 Å². The second-order valence-corrected chi connectivity index (χ2v) is 20.7. The number of halogens is 2. The summed E-state index contributed by atoms with van der Waals surface area (Å²) in [6, 6.07) is 0. The second kappa shape index (κ2) is 7.69. The van der Waals surface area contributed by atoms with Gasteiger partial charge >= 0.3 is 163 Å². The molecule has 1 unspecified atom stereocenters. The summed E-state index contributed by atoms with van der Waals surface area (Å²) in [5.41, 5.74) is 7.18. The van der Waals surface area contributed by atoms with Crippen LogP contribution in [-0.4, -0.2) is 13.6 Å². The van der Waals surface area contributed by atoms with Crippen LogP contribution in [0.5, 0.6) is 0 Å². The average molecular weight is 541 g/mol. The summed E-state index contributed by atoms with van der Waals surface area (Å²) >= 11 is -2.71. The molecule has 3 aliphatic rings. The zero-order chi connectivity index (χ0) is 17.4. The second-order valence-electron chi connectivity index (χ2n) is 6.70. The Kier molecular flexibility index (Phi) is 6.01. The van der Waals surface area contributed by atoms with E-state index >= 15 is 0 Å². The summed E-state index contributed by atoms with van der Waals surface area (Å²) in [6.07, 6.45) is 15.6. The minimum atomic E-state index is -2.71. The van der Waals surface area contributed by atoms with Crippen molar-refractivity contribution < 1.29 is 19.1 Å². The summed E-state index contributed by atoms with van der Waals surface area (Å²) in [5, 5.41) is 1.60. The molecule has 0 heterocycles. The van der Waals surface area contributed by atoms with Crippen LogP contribution in [0.3, 0.4) is 0 Å². The van der Waals surface area contributed by atoms with Gasteiger partial charge in [0.15, 0.2) is 0 Å². The first-order valence-corrected chi connectivity index (χ1v) is 21.8. The van der Waals surface area contributed by atoms with E-state index in [-0.39, 0.29) is 0 Å². The Balaban J connectivity index is 2.29. The molecule has 1 atom stereocenters. The first-order valence-electron chi connectivity index (χ1n) is 8.55. The van der Waals surface area contributed by atoms with Gasteiger partial charge in [-0.2, -0.15) is 0 Å². The molecule has 0 saturated carbocycles. The average Bonchev–Trinajstić information content (AvgIpc) is 3.11. The van der Waals surface area contributed by atoms with Crippen LogP contribution in [0.1, 0.15) is 26.7 Å². The first kappa shape index (κ1) is 18.8. The summed E-state index contributed by atoms with van der Waals surface area (Å²) < 4.78 is 1.34. The van der Waals surface area contributed by atoms with Crippen molar-refractivity contribution in [1.82, 2.24) is 0 Å². The summed E-state index contributed by atoms with van der Waals surface area (Å²) in [5.74, 6) is 0.452. The molecule has 0 aromatic heterocycles. The van der Waals surface area contributed by atoms with Gasteiger partial charge in [0.1, 0.15) is 0 Å². The number of hydrogen-bond acceptors (Lipinski definition) is 0. The minimum absolute atomic E-state index is 0.452. The molecule has 0 fully saturated rings. The first-order chi connectivity index (χ1) is 11.5. The predicted octanol–water partition coefficient (Wildman–Crippen LogP) is 6.41. The van der Waals surface area contributed by atoms with Gasteiger partial charge in [-0.25, -0.2) is 0 Å². The Morgan fingerprint density at radius 2 is 1.96 bits per heavy atom. The zero-order valence-electron chi connectivity index (χ0n) is 14.7. The summed E-state index contributed by atoms with van der Waals surface area (Å²) in [4.78, 5) is 0. The third-order valence-electron chi connectivity index (χ3n) is 5.08. The van der Waals surface area contributed by atoms with E-state index in [0.717, 1.165) is 12.8 Å². The van der Waals surface area contributed by atoms with Crippen molar-refractivity contribution in [2.75, 3.05) is 0 Å². The van der Waals surface area contributed by atoms with E-state index in [9.17, 15) is 0 Å². The van der Waals surface area contributed by atoms with Gasteiger partial charge in [-0.1, -0.05) is 0 Å². The molecule has 0 spiro atoms. The standard InChI is InChI=1S/C20H23Si.2ClH.Hf/c1-5-15-13-17-11-8-12-18(21(3)4)14(2)19(17)20(15)16-9-6-7-10-16;;;/h6-9,11-12,14H,5,10H2,1-4H3;2*1H;/q;;;+2/p-2. The van der Waals surface area contributed by atoms with Gasteiger partial charge in [-0.05, 0) is 0 Å². The molecular formula is C20H23Cl2HfSi. The molecule has 0 saturated heterocycles. The number of allylic oxidation sites excluding steroid dienone is 12. The molecule has 24 heavy (non-hydrogen) atoms. The van der Waals surface area contributed by atoms with Gasteiger partial charge < -0.3 is 0 Å². The van der Waals surface area contributed by atoms with E-state index < -0.39 is 27.5 Å². The van der Waals surface area contributed by atoms with E-state index in [0.29, 0.717) is 5.92 Å². The maximum absolute atomic E-state index is 6.64. The van der Waals surface area contributed by atoms with Gasteiger partial charge in [0.05, 0.1) is 0 Å².